The van der Waals surface area contributed by atoms with Gasteiger partial charge in [-0.1, -0.05) is 12.1 Å². The van der Waals surface area contributed by atoms with Gasteiger partial charge >= 0.3 is 12.5 Å². The molecule has 1 rings (SSSR count). The van der Waals surface area contributed by atoms with Crippen molar-refractivity contribution < 1.29 is 22.3 Å². The molecule has 1 aromatic rings. The molecule has 0 aromatic heterocycles. The summed E-state index contributed by atoms with van der Waals surface area (Å²) in [7, 11) is 0. The number of para-hydroxylation sites is 1. The third-order valence-electron chi connectivity index (χ3n) is 1.80. The van der Waals surface area contributed by atoms with E-state index in [0.29, 0.717) is 0 Å². The second kappa shape index (κ2) is 6.32. The van der Waals surface area contributed by atoms with Gasteiger partial charge in [-0.15, -0.1) is 0 Å². The van der Waals surface area contributed by atoms with Crippen molar-refractivity contribution in [3.8, 4) is 5.75 Å². The van der Waals surface area contributed by atoms with Crippen molar-refractivity contribution in [1.82, 2.24) is 5.43 Å². The molecule has 0 aliphatic carbocycles. The summed E-state index contributed by atoms with van der Waals surface area (Å²) < 4.78 is 53.6. The molecule has 0 fully saturated rings. The van der Waals surface area contributed by atoms with Crippen LogP contribution in [0.4, 0.5) is 17.6 Å². The van der Waals surface area contributed by atoms with Gasteiger partial charge in [0.25, 0.3) is 0 Å². The molecule has 19 heavy (non-hydrogen) atoms. The number of ether oxygens (including phenoxy) is 1. The molecular formula is C10H9F4N3OS. The molecule has 0 saturated carbocycles. The molecule has 0 bridgehead atoms. The SMILES string of the molecule is NC(=S)NN=Cc1ccccc1OC(F)(F)C(F)F. The molecule has 1 aromatic carbocycles. The number of halogens is 4. The average Bonchev–Trinajstić information content (AvgIpc) is 2.30. The van der Waals surface area contributed by atoms with Crippen LogP contribution in [-0.4, -0.2) is 23.9 Å². The minimum atomic E-state index is -4.58. The van der Waals surface area contributed by atoms with E-state index in [1.54, 1.807) is 0 Å². The van der Waals surface area contributed by atoms with Gasteiger partial charge in [-0.2, -0.15) is 22.7 Å². The molecule has 0 heterocycles. The highest BCUT2D eigenvalue weighted by atomic mass is 32.1. The molecule has 3 N–H and O–H groups in total. The smallest absolute Gasteiger partial charge is 0.428 e. The monoisotopic (exact) mass is 295 g/mol. The van der Waals surface area contributed by atoms with Gasteiger partial charge in [-0.05, 0) is 24.4 Å². The van der Waals surface area contributed by atoms with Gasteiger partial charge in [0.1, 0.15) is 5.75 Å². The molecule has 4 nitrogen and oxygen atoms in total. The number of hydrogen-bond donors (Lipinski definition) is 2. The summed E-state index contributed by atoms with van der Waals surface area (Å²) in [6.45, 7) is 0. The van der Waals surface area contributed by atoms with E-state index in [1.165, 1.54) is 18.2 Å². The Morgan fingerprint density at radius 3 is 2.63 bits per heavy atom. The number of nitrogens with two attached hydrogens (primary N) is 1. The molecule has 0 unspecified atom stereocenters. The van der Waals surface area contributed by atoms with Gasteiger partial charge in [-0.25, -0.2) is 0 Å². The summed E-state index contributed by atoms with van der Waals surface area (Å²) in [5, 5.41) is 3.39. The molecule has 0 aliphatic rings. The van der Waals surface area contributed by atoms with E-state index in [2.05, 4.69) is 27.5 Å². The summed E-state index contributed by atoms with van der Waals surface area (Å²) >= 11 is 4.47. The maximum atomic E-state index is 12.8. The Bertz CT molecular complexity index is 482. The van der Waals surface area contributed by atoms with Gasteiger partial charge in [0.15, 0.2) is 5.11 Å². The Kier molecular flexibility index (Phi) is 5.04. The first-order valence-corrected chi connectivity index (χ1v) is 5.26. The summed E-state index contributed by atoms with van der Waals surface area (Å²) in [5.74, 6) is -0.443. The van der Waals surface area contributed by atoms with Crippen molar-refractivity contribution in [2.45, 2.75) is 12.5 Å². The Morgan fingerprint density at radius 1 is 1.42 bits per heavy atom. The number of nitrogens with zero attached hydrogens (tertiary/aromatic N) is 1. The molecule has 9 heteroatoms. The Morgan fingerprint density at radius 2 is 2.05 bits per heavy atom. The van der Waals surface area contributed by atoms with E-state index < -0.39 is 18.3 Å². The number of hydrazone groups is 1. The van der Waals surface area contributed by atoms with Gasteiger partial charge in [0, 0.05) is 5.56 Å². The van der Waals surface area contributed by atoms with E-state index in [-0.39, 0.29) is 10.7 Å². The van der Waals surface area contributed by atoms with Crippen LogP contribution in [-0.2, 0) is 0 Å². The summed E-state index contributed by atoms with van der Waals surface area (Å²) in [6, 6.07) is 5.31. The lowest BCUT2D eigenvalue weighted by molar-refractivity contribution is -0.253. The highest BCUT2D eigenvalue weighted by molar-refractivity contribution is 7.80. The zero-order valence-corrected chi connectivity index (χ0v) is 10.1. The normalized spacial score (nSPS) is 11.8. The molecular weight excluding hydrogens is 286 g/mol. The van der Waals surface area contributed by atoms with Crippen molar-refractivity contribution >= 4 is 23.5 Å². The van der Waals surface area contributed by atoms with E-state index in [1.807, 2.05) is 0 Å². The lowest BCUT2D eigenvalue weighted by Crippen LogP contribution is -2.33. The maximum Gasteiger partial charge on any atom is 0.461 e. The largest absolute Gasteiger partial charge is 0.461 e. The first-order chi connectivity index (χ1) is 8.83. The van der Waals surface area contributed by atoms with Crippen LogP contribution in [0.3, 0.4) is 0 Å². The quantitative estimate of drug-likeness (QED) is 0.378. The zero-order chi connectivity index (χ0) is 14.5. The summed E-state index contributed by atoms with van der Waals surface area (Å²) in [6.07, 6.45) is -7.46. The fraction of sp³-hybridized carbons (Fsp3) is 0.200. The van der Waals surface area contributed by atoms with Crippen LogP contribution in [0.15, 0.2) is 29.4 Å². The van der Waals surface area contributed by atoms with Gasteiger partial charge in [0.2, 0.25) is 0 Å². The minimum absolute atomic E-state index is 0.0616. The number of alkyl halides is 4. The first kappa shape index (κ1) is 15.2. The zero-order valence-electron chi connectivity index (χ0n) is 9.32. The van der Waals surface area contributed by atoms with E-state index in [9.17, 15) is 17.6 Å². The maximum absolute atomic E-state index is 12.8. The van der Waals surface area contributed by atoms with Crippen molar-refractivity contribution in [3.63, 3.8) is 0 Å². The highest BCUT2D eigenvalue weighted by Gasteiger charge is 2.44. The van der Waals surface area contributed by atoms with Crippen LogP contribution in [0.25, 0.3) is 0 Å². The Labute approximate surface area is 111 Å². The Balaban J connectivity index is 2.90. The van der Waals surface area contributed by atoms with E-state index in [0.717, 1.165) is 12.3 Å². The third kappa shape index (κ3) is 4.70. The number of thiocarbonyl (C=S) groups is 1. The van der Waals surface area contributed by atoms with Crippen LogP contribution >= 0.6 is 12.2 Å². The fourth-order valence-corrected chi connectivity index (χ4v) is 1.09. The number of rotatable bonds is 5. The van der Waals surface area contributed by atoms with Crippen molar-refractivity contribution in [3.05, 3.63) is 29.8 Å². The Hall–Kier alpha value is -1.90. The van der Waals surface area contributed by atoms with Crippen LogP contribution in [0.1, 0.15) is 5.56 Å². The van der Waals surface area contributed by atoms with Crippen LogP contribution in [0.5, 0.6) is 5.75 Å². The number of nitrogens with one attached hydrogen (secondary N) is 1. The van der Waals surface area contributed by atoms with Gasteiger partial charge in [0.05, 0.1) is 6.21 Å². The number of hydrogen-bond acceptors (Lipinski definition) is 3. The van der Waals surface area contributed by atoms with Crippen LogP contribution in [0, 0.1) is 0 Å². The second-order valence-electron chi connectivity index (χ2n) is 3.24. The molecule has 0 amide bonds. The molecule has 0 aliphatic heterocycles. The summed E-state index contributed by atoms with van der Waals surface area (Å²) in [5.41, 5.74) is 7.35. The van der Waals surface area contributed by atoms with Crippen LogP contribution in [0.2, 0.25) is 0 Å². The molecule has 0 radical (unpaired) electrons. The van der Waals surface area contributed by atoms with Gasteiger partial charge in [-0.3, -0.25) is 5.43 Å². The van der Waals surface area contributed by atoms with E-state index >= 15 is 0 Å². The van der Waals surface area contributed by atoms with Crippen molar-refractivity contribution in [2.24, 2.45) is 10.8 Å². The third-order valence-corrected chi connectivity index (χ3v) is 1.89. The molecule has 0 atom stereocenters. The first-order valence-electron chi connectivity index (χ1n) is 4.85. The number of benzene rings is 1. The van der Waals surface area contributed by atoms with E-state index in [4.69, 9.17) is 5.73 Å². The molecule has 0 saturated heterocycles. The fourth-order valence-electron chi connectivity index (χ4n) is 1.04. The van der Waals surface area contributed by atoms with Crippen molar-refractivity contribution in [2.75, 3.05) is 0 Å². The molecule has 104 valence electrons. The highest BCUT2D eigenvalue weighted by Crippen LogP contribution is 2.28. The lowest BCUT2D eigenvalue weighted by Gasteiger charge is -2.17. The predicted molar refractivity (Wildman–Crippen MR) is 65.5 cm³/mol. The van der Waals surface area contributed by atoms with Crippen molar-refractivity contribution in [1.29, 1.82) is 0 Å². The summed E-state index contributed by atoms with van der Waals surface area (Å²) in [4.78, 5) is 0. The van der Waals surface area contributed by atoms with Gasteiger partial charge < -0.3 is 10.5 Å². The molecule has 0 spiro atoms. The topological polar surface area (TPSA) is 59.6 Å². The second-order valence-corrected chi connectivity index (χ2v) is 3.68. The lowest BCUT2D eigenvalue weighted by atomic mass is 10.2. The standard InChI is InChI=1S/C10H9F4N3OS/c11-8(12)10(13,14)18-7-4-2-1-3-6(7)5-16-17-9(15)19/h1-5,8H,(H3,15,17,19). The average molecular weight is 295 g/mol. The minimum Gasteiger partial charge on any atom is -0.428 e. The van der Waals surface area contributed by atoms with Crippen LogP contribution < -0.4 is 15.9 Å². The predicted octanol–water partition coefficient (Wildman–Crippen LogP) is 2.09.